The van der Waals surface area contributed by atoms with E-state index < -0.39 is 5.41 Å². The summed E-state index contributed by atoms with van der Waals surface area (Å²) in [6, 6.07) is 17.5. The molecule has 0 bridgehead atoms. The van der Waals surface area contributed by atoms with Gasteiger partial charge in [0.2, 0.25) is 12.7 Å². The highest BCUT2D eigenvalue weighted by Crippen LogP contribution is 2.55. The topological polar surface area (TPSA) is 77.2 Å². The molecule has 0 aromatic heterocycles. The lowest BCUT2D eigenvalue weighted by Gasteiger charge is -2.33. The second kappa shape index (κ2) is 6.31. The van der Waals surface area contributed by atoms with Gasteiger partial charge in [-0.15, -0.1) is 0 Å². The van der Waals surface area contributed by atoms with E-state index in [2.05, 4.69) is 4.99 Å². The summed E-state index contributed by atoms with van der Waals surface area (Å²) in [4.78, 5) is 20.3. The Hall–Kier alpha value is -3.87. The highest BCUT2D eigenvalue weighted by atomic mass is 19.1. The van der Waals surface area contributed by atoms with Crippen LogP contribution in [0.2, 0.25) is 0 Å². The normalized spacial score (nSPS) is 20.6. The van der Waals surface area contributed by atoms with Crippen molar-refractivity contribution in [1.29, 1.82) is 0 Å². The van der Waals surface area contributed by atoms with Crippen LogP contribution in [0.15, 0.2) is 65.7 Å². The van der Waals surface area contributed by atoms with Crippen molar-refractivity contribution in [2.45, 2.75) is 18.4 Å². The van der Waals surface area contributed by atoms with Crippen LogP contribution in [0.4, 0.5) is 15.8 Å². The Kier molecular flexibility index (Phi) is 3.65. The number of para-hydroxylation sites is 1. The molecule has 1 unspecified atom stereocenters. The number of ether oxygens (including phenoxy) is 2. The van der Waals surface area contributed by atoms with Crippen molar-refractivity contribution in [2.24, 2.45) is 10.7 Å². The van der Waals surface area contributed by atoms with Crippen LogP contribution in [0, 0.1) is 5.82 Å². The van der Waals surface area contributed by atoms with Crippen LogP contribution in [-0.2, 0) is 16.8 Å². The molecule has 154 valence electrons. The van der Waals surface area contributed by atoms with Crippen molar-refractivity contribution in [2.75, 3.05) is 11.7 Å². The molecule has 0 saturated carbocycles. The second-order valence-corrected chi connectivity index (χ2v) is 7.94. The lowest BCUT2D eigenvalue weighted by Crippen LogP contribution is -2.45. The lowest BCUT2D eigenvalue weighted by atomic mass is 9.70. The van der Waals surface area contributed by atoms with E-state index in [9.17, 15) is 9.18 Å². The molecular formula is C24H18FN3O3. The average Bonchev–Trinajstić information content (AvgIpc) is 3.31. The molecule has 3 heterocycles. The number of halogens is 1. The zero-order valence-corrected chi connectivity index (χ0v) is 16.5. The van der Waals surface area contributed by atoms with Gasteiger partial charge in [-0.1, -0.05) is 30.3 Å². The summed E-state index contributed by atoms with van der Waals surface area (Å²) in [5.41, 5.74) is 9.14. The number of aliphatic imine (C=N–C) groups is 1. The van der Waals surface area contributed by atoms with E-state index in [0.29, 0.717) is 29.6 Å². The summed E-state index contributed by atoms with van der Waals surface area (Å²) in [5.74, 6) is 1.18. The molecule has 3 aromatic rings. The molecule has 0 saturated heterocycles. The van der Waals surface area contributed by atoms with E-state index in [0.717, 1.165) is 22.4 Å². The smallest absolute Gasteiger partial charge is 0.243 e. The summed E-state index contributed by atoms with van der Waals surface area (Å²) in [6.45, 7) is 0.459. The molecule has 31 heavy (non-hydrogen) atoms. The molecule has 3 aromatic carbocycles. The summed E-state index contributed by atoms with van der Waals surface area (Å²) in [7, 11) is 0. The third-order valence-electron chi connectivity index (χ3n) is 6.18. The first-order valence-electron chi connectivity index (χ1n) is 9.99. The molecule has 6 rings (SSSR count). The molecule has 2 N–H and O–H groups in total. The van der Waals surface area contributed by atoms with Gasteiger partial charge >= 0.3 is 0 Å². The quantitative estimate of drug-likeness (QED) is 0.691. The Labute approximate surface area is 177 Å². The average molecular weight is 415 g/mol. The van der Waals surface area contributed by atoms with Gasteiger partial charge in [-0.3, -0.25) is 4.79 Å². The second-order valence-electron chi connectivity index (χ2n) is 7.94. The van der Waals surface area contributed by atoms with Crippen LogP contribution in [-0.4, -0.2) is 18.5 Å². The van der Waals surface area contributed by atoms with Crippen molar-refractivity contribution in [1.82, 2.24) is 0 Å². The number of anilines is 1. The standard InChI is InChI=1S/C24H18FN3O3/c25-15-7-5-14(6-8-15)12-28-19-4-2-1-3-16(19)24(23(28)29)11-22(26)27-18-10-21-20(9-17(18)24)30-13-31-21/h1-10H,11-13H2,(H2,26,27). The number of fused-ring (bicyclic) bond motifs is 5. The third kappa shape index (κ3) is 2.49. The zero-order chi connectivity index (χ0) is 21.2. The highest BCUT2D eigenvalue weighted by Gasteiger charge is 2.55. The number of rotatable bonds is 2. The van der Waals surface area contributed by atoms with E-state index >= 15 is 0 Å². The number of amides is 1. The molecule has 0 aliphatic carbocycles. The van der Waals surface area contributed by atoms with Crippen LogP contribution >= 0.6 is 0 Å². The van der Waals surface area contributed by atoms with E-state index in [1.165, 1.54) is 12.1 Å². The predicted molar refractivity (Wildman–Crippen MR) is 113 cm³/mol. The van der Waals surface area contributed by atoms with E-state index in [1.54, 1.807) is 23.1 Å². The fraction of sp³-hybridized carbons (Fsp3) is 0.167. The van der Waals surface area contributed by atoms with E-state index in [1.807, 2.05) is 30.3 Å². The molecule has 3 aliphatic rings. The Morgan fingerprint density at radius 2 is 1.77 bits per heavy atom. The van der Waals surface area contributed by atoms with Gasteiger partial charge in [0.1, 0.15) is 17.1 Å². The number of benzene rings is 3. The fourth-order valence-corrected chi connectivity index (χ4v) is 4.81. The summed E-state index contributed by atoms with van der Waals surface area (Å²) in [6.07, 6.45) is 0.273. The first-order chi connectivity index (χ1) is 15.1. The summed E-state index contributed by atoms with van der Waals surface area (Å²) < 4.78 is 24.5. The van der Waals surface area contributed by atoms with Gasteiger partial charge in [-0.2, -0.15) is 0 Å². The van der Waals surface area contributed by atoms with Gasteiger partial charge in [0.25, 0.3) is 0 Å². The first-order valence-corrected chi connectivity index (χ1v) is 9.99. The van der Waals surface area contributed by atoms with Crippen molar-refractivity contribution >= 4 is 23.1 Å². The zero-order valence-electron chi connectivity index (χ0n) is 16.5. The molecule has 7 heteroatoms. The minimum atomic E-state index is -1.00. The number of carbonyl (C=O) groups is 1. The molecule has 0 radical (unpaired) electrons. The van der Waals surface area contributed by atoms with Crippen LogP contribution in [0.25, 0.3) is 0 Å². The first kappa shape index (κ1) is 17.9. The Morgan fingerprint density at radius 1 is 1.03 bits per heavy atom. The Morgan fingerprint density at radius 3 is 2.58 bits per heavy atom. The largest absolute Gasteiger partial charge is 0.454 e. The number of nitrogens with zero attached hydrogens (tertiary/aromatic N) is 2. The SMILES string of the molecule is NC1=Nc2cc3c(cc2C2(C1)C(=O)N(Cc1ccc(F)cc1)c1ccccc12)OCO3. The van der Waals surface area contributed by atoms with Gasteiger partial charge < -0.3 is 20.1 Å². The molecule has 3 aliphatic heterocycles. The number of amidine groups is 1. The van der Waals surface area contributed by atoms with Crippen LogP contribution in [0.1, 0.15) is 23.1 Å². The molecular weight excluding hydrogens is 397 g/mol. The van der Waals surface area contributed by atoms with E-state index in [-0.39, 0.29) is 24.9 Å². The summed E-state index contributed by atoms with van der Waals surface area (Å²) in [5, 5.41) is 0. The third-order valence-corrected chi connectivity index (χ3v) is 6.18. The molecule has 1 amide bonds. The van der Waals surface area contributed by atoms with Crippen molar-refractivity contribution in [3.8, 4) is 11.5 Å². The van der Waals surface area contributed by atoms with E-state index in [4.69, 9.17) is 15.2 Å². The minimum Gasteiger partial charge on any atom is -0.454 e. The van der Waals surface area contributed by atoms with Crippen LogP contribution < -0.4 is 20.1 Å². The maximum atomic E-state index is 14.1. The van der Waals surface area contributed by atoms with Crippen molar-refractivity contribution < 1.29 is 18.7 Å². The number of nitrogens with two attached hydrogens (primary N) is 1. The van der Waals surface area contributed by atoms with Gasteiger partial charge in [0.15, 0.2) is 11.5 Å². The Bertz CT molecular complexity index is 1270. The summed E-state index contributed by atoms with van der Waals surface area (Å²) >= 11 is 0. The number of hydrogen-bond acceptors (Lipinski definition) is 5. The highest BCUT2D eigenvalue weighted by molar-refractivity contribution is 6.14. The monoisotopic (exact) mass is 415 g/mol. The van der Waals surface area contributed by atoms with Gasteiger partial charge in [-0.25, -0.2) is 9.38 Å². The Balaban J connectivity index is 1.54. The maximum absolute atomic E-state index is 14.1. The van der Waals surface area contributed by atoms with Crippen molar-refractivity contribution in [3.05, 3.63) is 83.2 Å². The predicted octanol–water partition coefficient (Wildman–Crippen LogP) is 3.78. The number of hydrogen-bond donors (Lipinski definition) is 1. The van der Waals surface area contributed by atoms with Crippen LogP contribution in [0.3, 0.4) is 0 Å². The van der Waals surface area contributed by atoms with Gasteiger partial charge in [0, 0.05) is 23.7 Å². The van der Waals surface area contributed by atoms with Gasteiger partial charge in [-0.05, 0) is 35.4 Å². The van der Waals surface area contributed by atoms with Crippen LogP contribution in [0.5, 0.6) is 11.5 Å². The molecule has 1 atom stereocenters. The molecule has 1 spiro atoms. The number of carbonyl (C=O) groups excluding carboxylic acids is 1. The molecule has 6 nitrogen and oxygen atoms in total. The van der Waals surface area contributed by atoms with Gasteiger partial charge in [0.05, 0.1) is 12.2 Å². The van der Waals surface area contributed by atoms with Crippen molar-refractivity contribution in [3.63, 3.8) is 0 Å². The minimum absolute atomic E-state index is 0.0870. The lowest BCUT2D eigenvalue weighted by molar-refractivity contribution is -0.121. The fourth-order valence-electron chi connectivity index (χ4n) is 4.81. The molecule has 0 fully saturated rings. The maximum Gasteiger partial charge on any atom is 0.243 e.